The lowest BCUT2D eigenvalue weighted by Gasteiger charge is -2.00. The minimum Gasteiger partial charge on any atom is -0.461 e. The molecule has 0 aliphatic rings. The molecule has 16 heavy (non-hydrogen) atoms. The van der Waals surface area contributed by atoms with Crippen molar-refractivity contribution in [2.45, 2.75) is 13.8 Å². The second kappa shape index (κ2) is 4.25. The van der Waals surface area contributed by atoms with Gasteiger partial charge in [-0.1, -0.05) is 15.9 Å². The van der Waals surface area contributed by atoms with E-state index in [1.165, 1.54) is 0 Å². The maximum absolute atomic E-state index is 11.6. The van der Waals surface area contributed by atoms with Crippen molar-refractivity contribution in [3.8, 4) is 0 Å². The molecule has 84 valence electrons. The number of aromatic amines is 1. The second-order valence-corrected chi connectivity index (χ2v) is 4.24. The Morgan fingerprint density at radius 2 is 2.31 bits per heavy atom. The number of halogens is 1. The van der Waals surface area contributed by atoms with Crippen molar-refractivity contribution in [2.75, 3.05) is 6.61 Å². The topological polar surface area (TPSA) is 55.0 Å². The Kier molecular flexibility index (Phi) is 2.96. The number of ether oxygens (including phenoxy) is 1. The fourth-order valence-electron chi connectivity index (χ4n) is 1.55. The molecule has 1 heterocycles. The first-order chi connectivity index (χ1) is 7.65. The van der Waals surface area contributed by atoms with Crippen LogP contribution in [0.25, 0.3) is 10.9 Å². The summed E-state index contributed by atoms with van der Waals surface area (Å²) in [5.74, 6) is -0.369. The summed E-state index contributed by atoms with van der Waals surface area (Å²) in [6, 6.07) is 3.75. The molecule has 4 nitrogen and oxygen atoms in total. The summed E-state index contributed by atoms with van der Waals surface area (Å²) < 4.78 is 5.92. The van der Waals surface area contributed by atoms with Gasteiger partial charge in [0.05, 0.1) is 12.1 Å². The van der Waals surface area contributed by atoms with Crippen molar-refractivity contribution < 1.29 is 9.53 Å². The summed E-state index contributed by atoms with van der Waals surface area (Å²) in [7, 11) is 0. The van der Waals surface area contributed by atoms with Crippen LogP contribution in [0.3, 0.4) is 0 Å². The van der Waals surface area contributed by atoms with Gasteiger partial charge < -0.3 is 4.74 Å². The Bertz CT molecular complexity index is 548. The van der Waals surface area contributed by atoms with Gasteiger partial charge in [0.25, 0.3) is 0 Å². The van der Waals surface area contributed by atoms with Crippen LogP contribution in [-0.4, -0.2) is 22.8 Å². The van der Waals surface area contributed by atoms with Crippen LogP contribution < -0.4 is 0 Å². The highest BCUT2D eigenvalue weighted by Crippen LogP contribution is 2.26. The van der Waals surface area contributed by atoms with E-state index in [0.717, 1.165) is 20.9 Å². The van der Waals surface area contributed by atoms with Crippen LogP contribution in [0.4, 0.5) is 0 Å². The van der Waals surface area contributed by atoms with E-state index < -0.39 is 0 Å². The van der Waals surface area contributed by atoms with Crippen LogP contribution in [0.1, 0.15) is 23.0 Å². The van der Waals surface area contributed by atoms with Crippen molar-refractivity contribution in [3.05, 3.63) is 27.9 Å². The third-order valence-electron chi connectivity index (χ3n) is 2.39. The number of fused-ring (bicyclic) bond motifs is 1. The fourth-order valence-corrected chi connectivity index (χ4v) is 1.87. The molecule has 2 aromatic rings. The largest absolute Gasteiger partial charge is 0.461 e. The van der Waals surface area contributed by atoms with E-state index in [-0.39, 0.29) is 5.97 Å². The van der Waals surface area contributed by atoms with Gasteiger partial charge >= 0.3 is 5.97 Å². The third kappa shape index (κ3) is 1.71. The third-order valence-corrected chi connectivity index (χ3v) is 3.25. The normalized spacial score (nSPS) is 10.7. The summed E-state index contributed by atoms with van der Waals surface area (Å²) >= 11 is 3.42. The van der Waals surface area contributed by atoms with Crippen molar-refractivity contribution in [1.29, 1.82) is 0 Å². The molecular formula is C11H11BrN2O2. The molecule has 2 rings (SSSR count). The summed E-state index contributed by atoms with van der Waals surface area (Å²) in [4.78, 5) is 11.6. The number of hydrogen-bond donors (Lipinski definition) is 1. The standard InChI is InChI=1S/C11H11BrN2O2/c1-3-16-11(15)10-7-4-5-8(12)6(2)9(7)13-14-10/h4-5H,3H2,1-2H3,(H,13,14). The molecule has 0 saturated heterocycles. The number of esters is 1. The van der Waals surface area contributed by atoms with Crippen LogP contribution >= 0.6 is 15.9 Å². The molecule has 0 amide bonds. The maximum atomic E-state index is 11.6. The molecule has 0 radical (unpaired) electrons. The molecule has 1 N–H and O–H groups in total. The average Bonchev–Trinajstić information content (AvgIpc) is 2.68. The Balaban J connectivity index is 2.58. The van der Waals surface area contributed by atoms with Gasteiger partial charge in [0, 0.05) is 9.86 Å². The predicted molar refractivity (Wildman–Crippen MR) is 64.5 cm³/mol. The minimum atomic E-state index is -0.369. The number of nitrogens with one attached hydrogen (secondary N) is 1. The molecule has 0 bridgehead atoms. The molecule has 1 aromatic carbocycles. The van der Waals surface area contributed by atoms with Crippen molar-refractivity contribution in [2.24, 2.45) is 0 Å². The number of aryl methyl sites for hydroxylation is 1. The fraction of sp³-hybridized carbons (Fsp3) is 0.273. The van der Waals surface area contributed by atoms with Crippen LogP contribution in [0.2, 0.25) is 0 Å². The lowest BCUT2D eigenvalue weighted by atomic mass is 10.1. The molecule has 0 unspecified atom stereocenters. The van der Waals surface area contributed by atoms with Crippen molar-refractivity contribution >= 4 is 32.8 Å². The SMILES string of the molecule is CCOC(=O)c1[nH]nc2c(C)c(Br)ccc12. The number of aromatic nitrogens is 2. The molecule has 0 atom stereocenters. The zero-order valence-electron chi connectivity index (χ0n) is 9.00. The zero-order chi connectivity index (χ0) is 11.7. The van der Waals surface area contributed by atoms with Crippen molar-refractivity contribution in [1.82, 2.24) is 10.2 Å². The molecule has 0 aliphatic heterocycles. The van der Waals surface area contributed by atoms with Gasteiger partial charge in [-0.15, -0.1) is 0 Å². The van der Waals surface area contributed by atoms with Crippen LogP contribution in [0.15, 0.2) is 16.6 Å². The summed E-state index contributed by atoms with van der Waals surface area (Å²) in [5.41, 5.74) is 2.20. The Morgan fingerprint density at radius 3 is 3.00 bits per heavy atom. The summed E-state index contributed by atoms with van der Waals surface area (Å²) in [5, 5.41) is 7.64. The number of nitrogens with zero attached hydrogens (tertiary/aromatic N) is 1. The highest BCUT2D eigenvalue weighted by atomic mass is 79.9. The van der Waals surface area contributed by atoms with Crippen LogP contribution in [0.5, 0.6) is 0 Å². The molecule has 1 aromatic heterocycles. The molecule has 0 aliphatic carbocycles. The number of rotatable bonds is 2. The Hall–Kier alpha value is -1.36. The highest BCUT2D eigenvalue weighted by molar-refractivity contribution is 9.10. The number of carbonyl (C=O) groups is 1. The van der Waals surface area contributed by atoms with E-state index in [4.69, 9.17) is 4.74 Å². The predicted octanol–water partition coefficient (Wildman–Crippen LogP) is 2.81. The van der Waals surface area contributed by atoms with Gasteiger partial charge in [0.2, 0.25) is 0 Å². The van der Waals surface area contributed by atoms with Gasteiger partial charge in [-0.3, -0.25) is 5.10 Å². The van der Waals surface area contributed by atoms with E-state index >= 15 is 0 Å². The van der Waals surface area contributed by atoms with Crippen LogP contribution in [0, 0.1) is 6.92 Å². The lowest BCUT2D eigenvalue weighted by molar-refractivity contribution is 0.0521. The monoisotopic (exact) mass is 282 g/mol. The molecule has 0 fully saturated rings. The van der Waals surface area contributed by atoms with Gasteiger partial charge in [0.1, 0.15) is 0 Å². The first kappa shape index (κ1) is 11.1. The van der Waals surface area contributed by atoms with Gasteiger partial charge in [-0.2, -0.15) is 5.10 Å². The highest BCUT2D eigenvalue weighted by Gasteiger charge is 2.16. The smallest absolute Gasteiger partial charge is 0.356 e. The Morgan fingerprint density at radius 1 is 1.56 bits per heavy atom. The minimum absolute atomic E-state index is 0.356. The zero-order valence-corrected chi connectivity index (χ0v) is 10.6. The number of hydrogen-bond acceptors (Lipinski definition) is 3. The summed E-state index contributed by atoms with van der Waals surface area (Å²) in [6.07, 6.45) is 0. The van der Waals surface area contributed by atoms with Gasteiger partial charge in [-0.25, -0.2) is 4.79 Å². The van der Waals surface area contributed by atoms with E-state index in [1.807, 2.05) is 19.1 Å². The quantitative estimate of drug-likeness (QED) is 0.862. The van der Waals surface area contributed by atoms with Gasteiger partial charge in [-0.05, 0) is 31.5 Å². The lowest BCUT2D eigenvalue weighted by Crippen LogP contribution is -2.05. The Labute approximate surface area is 101 Å². The van der Waals surface area contributed by atoms with E-state index in [0.29, 0.717) is 12.3 Å². The van der Waals surface area contributed by atoms with E-state index in [9.17, 15) is 4.79 Å². The van der Waals surface area contributed by atoms with E-state index in [1.54, 1.807) is 6.92 Å². The maximum Gasteiger partial charge on any atom is 0.356 e. The summed E-state index contributed by atoms with van der Waals surface area (Å²) in [6.45, 7) is 4.08. The first-order valence-corrected chi connectivity index (χ1v) is 5.74. The average molecular weight is 283 g/mol. The molecule has 0 spiro atoms. The molecule has 5 heteroatoms. The van der Waals surface area contributed by atoms with Gasteiger partial charge in [0.15, 0.2) is 5.69 Å². The van der Waals surface area contributed by atoms with Crippen molar-refractivity contribution in [3.63, 3.8) is 0 Å². The second-order valence-electron chi connectivity index (χ2n) is 3.39. The first-order valence-electron chi connectivity index (χ1n) is 4.95. The molecular weight excluding hydrogens is 272 g/mol. The van der Waals surface area contributed by atoms with Crippen LogP contribution in [-0.2, 0) is 4.74 Å². The number of benzene rings is 1. The molecule has 0 saturated carbocycles. The van der Waals surface area contributed by atoms with E-state index in [2.05, 4.69) is 26.1 Å². The number of H-pyrrole nitrogens is 1. The number of carbonyl (C=O) groups excluding carboxylic acids is 1.